The fraction of sp³-hybridized carbons (Fsp3) is 0.882. The van der Waals surface area contributed by atoms with Gasteiger partial charge in [-0.15, -0.1) is 0 Å². The van der Waals surface area contributed by atoms with Crippen LogP contribution in [0.25, 0.3) is 0 Å². The molecule has 0 aliphatic heterocycles. The molecule has 0 radical (unpaired) electrons. The zero-order valence-electron chi connectivity index (χ0n) is 25.7. The molecular formula is C34H66O4. The fourth-order valence-electron chi connectivity index (χ4n) is 4.64. The summed E-state index contributed by atoms with van der Waals surface area (Å²) in [5.41, 5.74) is 0. The predicted octanol–water partition coefficient (Wildman–Crippen LogP) is 11.7. The smallest absolute Gasteiger partial charge is 0.303 e. The number of carbonyl (C=O) groups is 2. The Morgan fingerprint density at radius 3 is 0.895 bits per heavy atom. The van der Waals surface area contributed by atoms with Crippen molar-refractivity contribution in [1.82, 2.24) is 0 Å². The van der Waals surface area contributed by atoms with E-state index < -0.39 is 11.9 Å². The van der Waals surface area contributed by atoms with Crippen molar-refractivity contribution in [2.24, 2.45) is 0 Å². The van der Waals surface area contributed by atoms with E-state index in [0.29, 0.717) is 12.8 Å². The van der Waals surface area contributed by atoms with Crippen LogP contribution in [0, 0.1) is 0 Å². The first-order valence-corrected chi connectivity index (χ1v) is 16.6. The summed E-state index contributed by atoms with van der Waals surface area (Å²) in [5, 5.41) is 16.9. The maximum Gasteiger partial charge on any atom is 0.303 e. The molecule has 0 aromatic carbocycles. The number of carboxylic acid groups (broad SMARTS) is 2. The number of rotatable bonds is 29. The highest BCUT2D eigenvalue weighted by atomic mass is 16.4. The highest BCUT2D eigenvalue weighted by molar-refractivity contribution is 5.66. The Morgan fingerprint density at radius 2 is 0.632 bits per heavy atom. The van der Waals surface area contributed by atoms with Crippen LogP contribution in [-0.4, -0.2) is 22.2 Å². The molecule has 0 amide bonds. The van der Waals surface area contributed by atoms with Crippen LogP contribution in [-0.2, 0) is 9.59 Å². The lowest BCUT2D eigenvalue weighted by Crippen LogP contribution is -1.93. The van der Waals surface area contributed by atoms with Gasteiger partial charge in [-0.1, -0.05) is 154 Å². The molecule has 4 nitrogen and oxygen atoms in total. The van der Waals surface area contributed by atoms with Gasteiger partial charge in [-0.05, 0) is 38.5 Å². The molecule has 0 aromatic heterocycles. The topological polar surface area (TPSA) is 74.6 Å². The zero-order valence-corrected chi connectivity index (χ0v) is 25.7. The number of unbranched alkanes of at least 4 members (excludes halogenated alkanes) is 23. The fourth-order valence-corrected chi connectivity index (χ4v) is 4.64. The van der Waals surface area contributed by atoms with Gasteiger partial charge in [0.05, 0.1) is 0 Å². The first-order chi connectivity index (χ1) is 18.5. The van der Waals surface area contributed by atoms with Crippen LogP contribution in [0.2, 0.25) is 0 Å². The van der Waals surface area contributed by atoms with E-state index in [0.717, 1.165) is 25.7 Å². The molecule has 0 saturated carbocycles. The van der Waals surface area contributed by atoms with Crippen LogP contribution < -0.4 is 0 Å². The van der Waals surface area contributed by atoms with Gasteiger partial charge < -0.3 is 10.2 Å². The largest absolute Gasteiger partial charge is 0.481 e. The molecule has 226 valence electrons. The van der Waals surface area contributed by atoms with Crippen LogP contribution in [0.15, 0.2) is 12.2 Å². The van der Waals surface area contributed by atoms with Crippen molar-refractivity contribution < 1.29 is 19.8 Å². The van der Waals surface area contributed by atoms with E-state index >= 15 is 0 Å². The molecule has 0 aromatic rings. The highest BCUT2D eigenvalue weighted by Crippen LogP contribution is 2.13. The highest BCUT2D eigenvalue weighted by Gasteiger charge is 1.97. The molecule has 0 atom stereocenters. The summed E-state index contributed by atoms with van der Waals surface area (Å²) in [6.07, 6.45) is 38.7. The van der Waals surface area contributed by atoms with Gasteiger partial charge in [0, 0.05) is 12.8 Å². The normalized spacial score (nSPS) is 11.0. The van der Waals surface area contributed by atoms with Gasteiger partial charge in [0.15, 0.2) is 0 Å². The Bertz CT molecular complexity index is 501. The first-order valence-electron chi connectivity index (χ1n) is 16.6. The van der Waals surface area contributed by atoms with Crippen molar-refractivity contribution in [3.8, 4) is 0 Å². The summed E-state index contributed by atoms with van der Waals surface area (Å²) in [4.78, 5) is 20.5. The second-order valence-electron chi connectivity index (χ2n) is 11.1. The summed E-state index contributed by atoms with van der Waals surface area (Å²) >= 11 is 0. The molecule has 0 bridgehead atoms. The number of allylic oxidation sites excluding steroid dienone is 2. The van der Waals surface area contributed by atoms with Crippen molar-refractivity contribution in [3.63, 3.8) is 0 Å². The number of hydrogen-bond acceptors (Lipinski definition) is 2. The molecule has 0 rings (SSSR count). The second kappa shape index (κ2) is 35.7. The standard InChI is InChI=1S/C24H46O2.C10H20O2/c1-2-3-4-5-6-7-8-9-10-11-12-13-14-15-16-17-18-19-20-21-22-23-24(25)26;1-2-3-4-5-6-7-8-9-10(11)12/h9-10H,2-8,11-23H2,1H3,(H,25,26);2-9H2,1H3,(H,11,12)/b10-9-;. The minimum Gasteiger partial charge on any atom is -0.481 e. The number of hydrogen-bond donors (Lipinski definition) is 2. The molecule has 0 unspecified atom stereocenters. The summed E-state index contributed by atoms with van der Waals surface area (Å²) in [6, 6.07) is 0. The summed E-state index contributed by atoms with van der Waals surface area (Å²) < 4.78 is 0. The van der Waals surface area contributed by atoms with E-state index in [-0.39, 0.29) is 0 Å². The third-order valence-electron chi connectivity index (χ3n) is 7.15. The van der Waals surface area contributed by atoms with E-state index in [1.54, 1.807) is 0 Å². The lowest BCUT2D eigenvalue weighted by atomic mass is 10.0. The Morgan fingerprint density at radius 1 is 0.395 bits per heavy atom. The molecule has 2 N–H and O–H groups in total. The second-order valence-corrected chi connectivity index (χ2v) is 11.1. The van der Waals surface area contributed by atoms with E-state index in [1.165, 1.54) is 141 Å². The average Bonchev–Trinajstić information content (AvgIpc) is 2.89. The minimum atomic E-state index is -0.663. The van der Waals surface area contributed by atoms with Crippen LogP contribution in [0.1, 0.15) is 194 Å². The van der Waals surface area contributed by atoms with Gasteiger partial charge in [0.25, 0.3) is 0 Å². The third-order valence-corrected chi connectivity index (χ3v) is 7.15. The molecule has 0 heterocycles. The summed E-state index contributed by atoms with van der Waals surface area (Å²) in [7, 11) is 0. The van der Waals surface area contributed by atoms with Crippen molar-refractivity contribution in [2.75, 3.05) is 0 Å². The zero-order chi connectivity index (χ0) is 28.4. The Labute approximate surface area is 237 Å². The lowest BCUT2D eigenvalue weighted by molar-refractivity contribution is -0.138. The van der Waals surface area contributed by atoms with Gasteiger partial charge in [0.2, 0.25) is 0 Å². The van der Waals surface area contributed by atoms with Crippen LogP contribution in [0.5, 0.6) is 0 Å². The average molecular weight is 539 g/mol. The van der Waals surface area contributed by atoms with Crippen molar-refractivity contribution in [3.05, 3.63) is 12.2 Å². The van der Waals surface area contributed by atoms with Gasteiger partial charge in [-0.2, -0.15) is 0 Å². The van der Waals surface area contributed by atoms with E-state index in [9.17, 15) is 9.59 Å². The molecule has 0 aliphatic rings. The SMILES string of the molecule is CCCCCCCC/C=C\CCCCCCCCCCCCCC(=O)O.CCCCCCCCCC(=O)O. The Hall–Kier alpha value is -1.32. The maximum atomic E-state index is 10.4. The van der Waals surface area contributed by atoms with Crippen molar-refractivity contribution in [1.29, 1.82) is 0 Å². The summed E-state index contributed by atoms with van der Waals surface area (Å²) in [5.74, 6) is -1.32. The van der Waals surface area contributed by atoms with E-state index in [2.05, 4.69) is 26.0 Å². The van der Waals surface area contributed by atoms with Gasteiger partial charge >= 0.3 is 11.9 Å². The van der Waals surface area contributed by atoms with Crippen LogP contribution in [0.4, 0.5) is 0 Å². The Balaban J connectivity index is 0. The number of aliphatic carboxylic acids is 2. The molecule has 38 heavy (non-hydrogen) atoms. The van der Waals surface area contributed by atoms with E-state index in [1.807, 2.05) is 0 Å². The third kappa shape index (κ3) is 41.8. The van der Waals surface area contributed by atoms with Gasteiger partial charge in [-0.25, -0.2) is 0 Å². The number of carboxylic acids is 2. The predicted molar refractivity (Wildman–Crippen MR) is 165 cm³/mol. The molecule has 0 fully saturated rings. The summed E-state index contributed by atoms with van der Waals surface area (Å²) in [6.45, 7) is 4.48. The first kappa shape index (κ1) is 38.8. The molecular weight excluding hydrogens is 472 g/mol. The Kier molecular flexibility index (Phi) is 36.5. The lowest BCUT2D eigenvalue weighted by Gasteiger charge is -2.02. The van der Waals surface area contributed by atoms with Gasteiger partial charge in [0.1, 0.15) is 0 Å². The monoisotopic (exact) mass is 538 g/mol. The quantitative estimate of drug-likeness (QED) is 0.0733. The molecule has 0 saturated heterocycles. The van der Waals surface area contributed by atoms with Crippen LogP contribution in [0.3, 0.4) is 0 Å². The minimum absolute atomic E-state index is 0.341. The van der Waals surface area contributed by atoms with Crippen LogP contribution >= 0.6 is 0 Å². The molecule has 0 aliphatic carbocycles. The van der Waals surface area contributed by atoms with Crippen molar-refractivity contribution >= 4 is 11.9 Å². The molecule has 0 spiro atoms. The van der Waals surface area contributed by atoms with Crippen molar-refractivity contribution in [2.45, 2.75) is 194 Å². The molecule has 4 heteroatoms. The maximum absolute atomic E-state index is 10.4. The van der Waals surface area contributed by atoms with Gasteiger partial charge in [-0.3, -0.25) is 9.59 Å². The van der Waals surface area contributed by atoms with E-state index in [4.69, 9.17) is 10.2 Å².